The number of rotatable bonds is 7. The van der Waals surface area contributed by atoms with Crippen LogP contribution in [0.15, 0.2) is 194 Å². The molecule has 7 nitrogen and oxygen atoms in total. The van der Waals surface area contributed by atoms with Crippen LogP contribution in [-0.2, 0) is 20.6 Å². The lowest BCUT2D eigenvalue weighted by Crippen LogP contribution is -2.44. The first-order valence-electron chi connectivity index (χ1n) is 22.4. The van der Waals surface area contributed by atoms with Crippen LogP contribution in [0.25, 0.3) is 0 Å². The van der Waals surface area contributed by atoms with E-state index in [0.29, 0.717) is 17.9 Å². The summed E-state index contributed by atoms with van der Waals surface area (Å²) < 4.78 is 6.19. The van der Waals surface area contributed by atoms with Crippen LogP contribution in [0.1, 0.15) is 78.8 Å². The molecule has 66 heavy (non-hydrogen) atoms. The zero-order valence-corrected chi connectivity index (χ0v) is 37.4. The van der Waals surface area contributed by atoms with Crippen molar-refractivity contribution < 1.29 is 24.5 Å². The van der Waals surface area contributed by atoms with Crippen molar-refractivity contribution in [2.75, 3.05) is 16.4 Å². The summed E-state index contributed by atoms with van der Waals surface area (Å²) in [5, 5.41) is 22.9. The predicted octanol–water partition coefficient (Wildman–Crippen LogP) is 11.5. The number of phenols is 1. The molecule has 0 saturated heterocycles. The van der Waals surface area contributed by atoms with Crippen molar-refractivity contribution in [2.24, 2.45) is 0 Å². The summed E-state index contributed by atoms with van der Waals surface area (Å²) in [4.78, 5) is 32.4. The van der Waals surface area contributed by atoms with Gasteiger partial charge in [0.2, 0.25) is 5.91 Å². The molecule has 3 heterocycles. The minimum Gasteiger partial charge on any atom is -0.508 e. The molecule has 11 rings (SSSR count). The Balaban J connectivity index is 0.000000155. The molecule has 2 amide bonds. The number of amides is 2. The first-order valence-corrected chi connectivity index (χ1v) is 22.4. The second-order valence-corrected chi connectivity index (χ2v) is 17.6. The number of para-hydroxylation sites is 2. The summed E-state index contributed by atoms with van der Waals surface area (Å²) in [6.45, 7) is 8.30. The van der Waals surface area contributed by atoms with E-state index in [4.69, 9.17) is 4.74 Å². The molecule has 0 saturated carbocycles. The van der Waals surface area contributed by atoms with Crippen LogP contribution in [-0.4, -0.2) is 28.6 Å². The smallest absolute Gasteiger partial charge is 0.269 e. The minimum atomic E-state index is -2.00. The Labute approximate surface area is 385 Å². The SMILES string of the molecule is Cc1cc(O)c(C2(O)C(=O)N(C(c3ccccc3)c3ccccc3)c3ccccc32)cc1C.Cc1cc2c(cc1C)C1(CO2)C(=O)N(C(c2ccccc2)c2ccccc2)c2ccccc21. The lowest BCUT2D eigenvalue weighted by molar-refractivity contribution is -0.132. The van der Waals surface area contributed by atoms with Crippen molar-refractivity contribution >= 4 is 23.2 Å². The van der Waals surface area contributed by atoms with Crippen molar-refractivity contribution in [3.8, 4) is 11.5 Å². The number of aromatic hydroxyl groups is 1. The number of nitrogens with zero attached hydrogens (tertiary/aromatic N) is 2. The zero-order valence-electron chi connectivity index (χ0n) is 37.4. The van der Waals surface area contributed by atoms with Gasteiger partial charge >= 0.3 is 0 Å². The van der Waals surface area contributed by atoms with Crippen molar-refractivity contribution in [1.29, 1.82) is 0 Å². The molecule has 0 bridgehead atoms. The van der Waals surface area contributed by atoms with Crippen molar-refractivity contribution in [1.82, 2.24) is 0 Å². The molecular formula is C59H50N2O5. The van der Waals surface area contributed by atoms with Gasteiger partial charge in [0.15, 0.2) is 5.60 Å². The fourth-order valence-electron chi connectivity index (χ4n) is 10.2. The molecule has 0 aromatic heterocycles. The summed E-state index contributed by atoms with van der Waals surface area (Å²) in [7, 11) is 0. The Hall–Kier alpha value is -7.74. The van der Waals surface area contributed by atoms with Crippen LogP contribution in [0.5, 0.6) is 11.5 Å². The number of ether oxygens (including phenoxy) is 1. The Morgan fingerprint density at radius 2 is 0.833 bits per heavy atom. The van der Waals surface area contributed by atoms with Crippen LogP contribution in [0, 0.1) is 27.7 Å². The number of phenolic OH excluding ortho intramolecular Hbond substituents is 1. The van der Waals surface area contributed by atoms with Crippen LogP contribution in [0.3, 0.4) is 0 Å². The zero-order chi connectivity index (χ0) is 45.7. The molecule has 2 unspecified atom stereocenters. The second-order valence-electron chi connectivity index (χ2n) is 17.6. The Kier molecular flexibility index (Phi) is 10.7. The number of anilines is 2. The normalized spacial score (nSPS) is 18.0. The standard InChI is InChI=1S/C30H25NO2.C29H25NO3/c1-20-17-25-27(18-21(20)2)33-19-30(25)24-15-9-10-16-26(24)31(29(30)32)28(22-11-5-3-6-12-22)23-13-7-4-8-14-23;1-19-17-24(26(31)18-20(19)2)29(33)23-15-9-10-16-25(23)30(28(29)32)27(21-11-5-3-6-12-21)22-13-7-4-8-14-22/h3-18,28H,19H2,1-2H3;3-18,27,31,33H,1-2H3. The van der Waals surface area contributed by atoms with E-state index in [1.54, 1.807) is 29.2 Å². The molecule has 2 N–H and O–H groups in total. The lowest BCUT2D eigenvalue weighted by Gasteiger charge is -2.31. The van der Waals surface area contributed by atoms with Crippen molar-refractivity contribution in [3.05, 3.63) is 261 Å². The van der Waals surface area contributed by atoms with E-state index >= 15 is 0 Å². The molecule has 7 heteroatoms. The van der Waals surface area contributed by atoms with E-state index in [0.717, 1.165) is 55.9 Å². The molecule has 8 aromatic carbocycles. The van der Waals surface area contributed by atoms with Gasteiger partial charge in [-0.2, -0.15) is 0 Å². The Bertz CT molecular complexity index is 3030. The highest BCUT2D eigenvalue weighted by atomic mass is 16.5. The summed E-state index contributed by atoms with van der Waals surface area (Å²) in [5.74, 6) is 0.309. The number of aryl methyl sites for hydroxylation is 4. The first kappa shape index (κ1) is 42.2. The van der Waals surface area contributed by atoms with Gasteiger partial charge in [0, 0.05) is 22.4 Å². The van der Waals surface area contributed by atoms with Crippen LogP contribution in [0.2, 0.25) is 0 Å². The predicted molar refractivity (Wildman–Crippen MR) is 260 cm³/mol. The summed E-state index contributed by atoms with van der Waals surface area (Å²) >= 11 is 0. The van der Waals surface area contributed by atoms with E-state index in [1.165, 1.54) is 11.1 Å². The van der Waals surface area contributed by atoms with E-state index < -0.39 is 23.0 Å². The fraction of sp³-hybridized carbons (Fsp3) is 0.153. The highest BCUT2D eigenvalue weighted by molar-refractivity contribution is 6.13. The maximum atomic E-state index is 14.6. The molecule has 3 aliphatic rings. The van der Waals surface area contributed by atoms with E-state index in [-0.39, 0.29) is 23.3 Å². The number of benzene rings is 8. The van der Waals surface area contributed by atoms with Gasteiger partial charge < -0.3 is 14.9 Å². The first-order chi connectivity index (χ1) is 32.0. The van der Waals surface area contributed by atoms with Crippen molar-refractivity contribution in [3.63, 3.8) is 0 Å². The fourth-order valence-corrected chi connectivity index (χ4v) is 10.2. The Morgan fingerprint density at radius 3 is 1.33 bits per heavy atom. The number of hydrogen-bond acceptors (Lipinski definition) is 5. The summed E-state index contributed by atoms with van der Waals surface area (Å²) in [6.07, 6.45) is 0. The third-order valence-corrected chi connectivity index (χ3v) is 13.8. The van der Waals surface area contributed by atoms with Crippen LogP contribution < -0.4 is 14.5 Å². The monoisotopic (exact) mass is 866 g/mol. The molecule has 326 valence electrons. The van der Waals surface area contributed by atoms with Gasteiger partial charge in [-0.15, -0.1) is 0 Å². The average molecular weight is 867 g/mol. The van der Waals surface area contributed by atoms with E-state index in [1.807, 2.05) is 140 Å². The van der Waals surface area contributed by atoms with Gasteiger partial charge in [-0.05, 0) is 108 Å². The Morgan fingerprint density at radius 1 is 0.455 bits per heavy atom. The number of hydrogen-bond donors (Lipinski definition) is 2. The molecular weight excluding hydrogens is 817 g/mol. The summed E-state index contributed by atoms with van der Waals surface area (Å²) in [5.41, 5.74) is 9.58. The van der Waals surface area contributed by atoms with Gasteiger partial charge in [-0.1, -0.05) is 164 Å². The lowest BCUT2D eigenvalue weighted by atomic mass is 9.76. The molecule has 0 radical (unpaired) electrons. The van der Waals surface area contributed by atoms with Gasteiger partial charge in [0.05, 0.1) is 17.8 Å². The van der Waals surface area contributed by atoms with Crippen LogP contribution >= 0.6 is 0 Å². The quantitative estimate of drug-likeness (QED) is 0.167. The minimum absolute atomic E-state index is 0.0726. The topological polar surface area (TPSA) is 90.3 Å². The van der Waals surface area contributed by atoms with E-state index in [2.05, 4.69) is 62.4 Å². The van der Waals surface area contributed by atoms with Crippen LogP contribution in [0.4, 0.5) is 11.4 Å². The third-order valence-electron chi connectivity index (χ3n) is 13.8. The largest absolute Gasteiger partial charge is 0.508 e. The third kappa shape index (κ3) is 6.69. The highest BCUT2D eigenvalue weighted by Crippen LogP contribution is 2.56. The maximum absolute atomic E-state index is 14.6. The van der Waals surface area contributed by atoms with Gasteiger partial charge in [-0.3, -0.25) is 19.4 Å². The van der Waals surface area contributed by atoms with Gasteiger partial charge in [0.25, 0.3) is 5.91 Å². The molecule has 3 aliphatic heterocycles. The number of fused-ring (bicyclic) bond motifs is 5. The van der Waals surface area contributed by atoms with Gasteiger partial charge in [0.1, 0.15) is 23.5 Å². The van der Waals surface area contributed by atoms with Crippen molar-refractivity contribution in [2.45, 2.75) is 50.8 Å². The molecule has 1 spiro atoms. The second kappa shape index (κ2) is 16.7. The number of aliphatic hydroxyl groups is 1. The molecule has 0 fully saturated rings. The highest BCUT2D eigenvalue weighted by Gasteiger charge is 2.59. The van der Waals surface area contributed by atoms with E-state index in [9.17, 15) is 19.8 Å². The molecule has 2 atom stereocenters. The summed E-state index contributed by atoms with van der Waals surface area (Å²) in [6, 6.07) is 62.5. The molecule has 8 aromatic rings. The van der Waals surface area contributed by atoms with Gasteiger partial charge in [-0.25, -0.2) is 0 Å². The maximum Gasteiger partial charge on any atom is 0.269 e. The molecule has 0 aliphatic carbocycles. The average Bonchev–Trinajstić information content (AvgIpc) is 3.91. The number of carbonyl (C=O) groups is 2. The number of carbonyl (C=O) groups excluding carboxylic acids is 2.